The minimum absolute atomic E-state index is 0.219. The monoisotopic (exact) mass is 368 g/mol. The molecule has 2 aliphatic rings. The van der Waals surface area contributed by atoms with Gasteiger partial charge in [0.25, 0.3) is 0 Å². The third-order valence-electron chi connectivity index (χ3n) is 5.77. The molecule has 2 aromatic rings. The number of carbonyl (C=O) groups is 1. The largest absolute Gasteiger partial charge is 0.339 e. The van der Waals surface area contributed by atoms with E-state index in [-0.39, 0.29) is 11.9 Å². The molecule has 0 radical (unpaired) electrons. The van der Waals surface area contributed by atoms with E-state index in [9.17, 15) is 9.18 Å². The first-order valence-electron chi connectivity index (χ1n) is 9.76. The van der Waals surface area contributed by atoms with Crippen molar-refractivity contribution in [3.05, 3.63) is 54.1 Å². The quantitative estimate of drug-likeness (QED) is 0.814. The summed E-state index contributed by atoms with van der Waals surface area (Å²) in [6.07, 6.45) is 6.91. The summed E-state index contributed by atoms with van der Waals surface area (Å²) in [5.41, 5.74) is 1.28. The number of hydrogen-bond acceptors (Lipinski definition) is 4. The number of aryl methyl sites for hydroxylation is 1. The summed E-state index contributed by atoms with van der Waals surface area (Å²) in [5.74, 6) is 0.933. The number of amides is 1. The highest BCUT2D eigenvalue weighted by Crippen LogP contribution is 2.33. The predicted molar refractivity (Wildman–Crippen MR) is 102 cm³/mol. The molecular weight excluding hydrogens is 343 g/mol. The van der Waals surface area contributed by atoms with Crippen LogP contribution in [0.25, 0.3) is 0 Å². The summed E-state index contributed by atoms with van der Waals surface area (Å²) in [7, 11) is 0. The van der Waals surface area contributed by atoms with Gasteiger partial charge in [0.15, 0.2) is 5.82 Å². The number of hydrogen-bond donors (Lipinski definition) is 0. The van der Waals surface area contributed by atoms with Gasteiger partial charge in [0, 0.05) is 26.1 Å². The number of anilines is 1. The van der Waals surface area contributed by atoms with E-state index in [1.54, 1.807) is 0 Å². The van der Waals surface area contributed by atoms with Gasteiger partial charge in [0.1, 0.15) is 0 Å². The summed E-state index contributed by atoms with van der Waals surface area (Å²) in [6, 6.07) is 10.5. The van der Waals surface area contributed by atoms with Crippen LogP contribution in [0.2, 0.25) is 0 Å². The molecule has 1 aromatic carbocycles. The van der Waals surface area contributed by atoms with E-state index in [1.807, 2.05) is 18.2 Å². The molecule has 27 heavy (non-hydrogen) atoms. The second-order valence-corrected chi connectivity index (χ2v) is 7.48. The van der Waals surface area contributed by atoms with Gasteiger partial charge < -0.3 is 9.80 Å². The van der Waals surface area contributed by atoms with Gasteiger partial charge in [-0.05, 0) is 37.2 Å². The van der Waals surface area contributed by atoms with Gasteiger partial charge in [-0.25, -0.2) is 14.4 Å². The van der Waals surface area contributed by atoms with Gasteiger partial charge in [0.05, 0.1) is 18.4 Å². The first kappa shape index (κ1) is 17.9. The molecule has 5 nitrogen and oxygen atoms in total. The molecule has 1 amide bonds. The zero-order valence-corrected chi connectivity index (χ0v) is 15.4. The fourth-order valence-electron chi connectivity index (χ4n) is 4.33. The van der Waals surface area contributed by atoms with E-state index < -0.39 is 5.82 Å². The van der Waals surface area contributed by atoms with Crippen molar-refractivity contribution >= 4 is 11.9 Å². The lowest BCUT2D eigenvalue weighted by Crippen LogP contribution is -2.50. The molecule has 2 aliphatic heterocycles. The molecule has 2 saturated heterocycles. The molecule has 2 unspecified atom stereocenters. The number of likely N-dealkylation sites (tertiary alicyclic amines) is 1. The Morgan fingerprint density at radius 1 is 1.11 bits per heavy atom. The maximum atomic E-state index is 13.1. The normalized spacial score (nSPS) is 22.0. The summed E-state index contributed by atoms with van der Waals surface area (Å²) >= 11 is 0. The summed E-state index contributed by atoms with van der Waals surface area (Å²) in [5, 5.41) is 0. The fourth-order valence-corrected chi connectivity index (χ4v) is 4.33. The van der Waals surface area contributed by atoms with Crippen molar-refractivity contribution in [2.75, 3.05) is 24.5 Å². The number of rotatable bonds is 5. The molecule has 0 bridgehead atoms. The number of nitrogens with zero attached hydrogens (tertiary/aromatic N) is 4. The Morgan fingerprint density at radius 3 is 2.63 bits per heavy atom. The van der Waals surface area contributed by atoms with Crippen molar-refractivity contribution in [1.29, 1.82) is 0 Å². The van der Waals surface area contributed by atoms with Crippen LogP contribution in [-0.2, 0) is 11.2 Å². The lowest BCUT2D eigenvalue weighted by molar-refractivity contribution is -0.132. The van der Waals surface area contributed by atoms with E-state index in [4.69, 9.17) is 0 Å². The first-order valence-corrected chi connectivity index (χ1v) is 9.76. The van der Waals surface area contributed by atoms with E-state index in [0.717, 1.165) is 45.3 Å². The van der Waals surface area contributed by atoms with Gasteiger partial charge in [-0.1, -0.05) is 30.3 Å². The van der Waals surface area contributed by atoms with Crippen molar-refractivity contribution in [3.8, 4) is 0 Å². The predicted octanol–water partition coefficient (Wildman–Crippen LogP) is 3.07. The Morgan fingerprint density at radius 2 is 1.85 bits per heavy atom. The van der Waals surface area contributed by atoms with Gasteiger partial charge in [0.2, 0.25) is 11.9 Å². The molecular formula is C21H25FN4O. The summed E-state index contributed by atoms with van der Waals surface area (Å²) in [4.78, 5) is 25.2. The Labute approximate surface area is 159 Å². The molecule has 4 rings (SSSR count). The Bertz CT molecular complexity index is 768. The first-order chi connectivity index (χ1) is 13.2. The van der Waals surface area contributed by atoms with Crippen molar-refractivity contribution in [2.24, 2.45) is 5.92 Å². The molecule has 2 atom stereocenters. The number of aromatic nitrogens is 2. The Hall–Kier alpha value is -2.50. The number of halogens is 1. The summed E-state index contributed by atoms with van der Waals surface area (Å²) in [6.45, 7) is 2.45. The van der Waals surface area contributed by atoms with Crippen LogP contribution < -0.4 is 4.90 Å². The smallest absolute Gasteiger partial charge is 0.225 e. The van der Waals surface area contributed by atoms with Gasteiger partial charge >= 0.3 is 0 Å². The van der Waals surface area contributed by atoms with E-state index >= 15 is 0 Å². The lowest BCUT2D eigenvalue weighted by Gasteiger charge is -2.38. The minimum Gasteiger partial charge on any atom is -0.339 e. The molecule has 0 spiro atoms. The minimum atomic E-state index is -0.426. The number of piperidine rings is 1. The number of carbonyl (C=O) groups excluding carboxylic acids is 1. The molecule has 0 saturated carbocycles. The van der Waals surface area contributed by atoms with Crippen LogP contribution >= 0.6 is 0 Å². The second-order valence-electron chi connectivity index (χ2n) is 7.48. The van der Waals surface area contributed by atoms with E-state index in [0.29, 0.717) is 18.3 Å². The van der Waals surface area contributed by atoms with Crippen LogP contribution in [0.5, 0.6) is 0 Å². The van der Waals surface area contributed by atoms with Crippen molar-refractivity contribution in [3.63, 3.8) is 0 Å². The van der Waals surface area contributed by atoms with Gasteiger partial charge in [-0.2, -0.15) is 0 Å². The van der Waals surface area contributed by atoms with Crippen molar-refractivity contribution < 1.29 is 9.18 Å². The Kier molecular flexibility index (Phi) is 5.32. The van der Waals surface area contributed by atoms with Crippen molar-refractivity contribution in [1.82, 2.24) is 14.9 Å². The molecule has 1 aromatic heterocycles. The third kappa shape index (κ3) is 4.10. The van der Waals surface area contributed by atoms with Crippen LogP contribution in [-0.4, -0.2) is 46.5 Å². The standard InChI is InChI=1S/C21H25FN4O/c22-18-13-23-21(24-14-18)25-11-9-17-10-12-26(19(17)15-25)20(27)8-4-7-16-5-2-1-3-6-16/h1-3,5-6,13-14,17,19H,4,7-12,15H2. The third-order valence-corrected chi connectivity index (χ3v) is 5.77. The Balaban J connectivity index is 1.34. The van der Waals surface area contributed by atoms with Crippen LogP contribution in [0.1, 0.15) is 31.2 Å². The highest BCUT2D eigenvalue weighted by atomic mass is 19.1. The van der Waals surface area contributed by atoms with E-state index in [1.165, 1.54) is 18.0 Å². The summed E-state index contributed by atoms with van der Waals surface area (Å²) < 4.78 is 13.1. The molecule has 6 heteroatoms. The maximum absolute atomic E-state index is 13.1. The SMILES string of the molecule is O=C(CCCc1ccccc1)N1CCC2CCN(c3ncc(F)cn3)CC21. The van der Waals surface area contributed by atoms with Crippen LogP contribution in [0.15, 0.2) is 42.7 Å². The van der Waals surface area contributed by atoms with Crippen LogP contribution in [0, 0.1) is 11.7 Å². The second kappa shape index (κ2) is 8.03. The van der Waals surface area contributed by atoms with Gasteiger partial charge in [-0.3, -0.25) is 4.79 Å². The number of fused-ring (bicyclic) bond motifs is 1. The number of benzene rings is 1. The highest BCUT2D eigenvalue weighted by molar-refractivity contribution is 5.77. The van der Waals surface area contributed by atoms with Crippen LogP contribution in [0.3, 0.4) is 0 Å². The molecule has 3 heterocycles. The average Bonchev–Trinajstić information content (AvgIpc) is 3.12. The molecule has 0 N–H and O–H groups in total. The fraction of sp³-hybridized carbons (Fsp3) is 0.476. The molecule has 0 aliphatic carbocycles. The van der Waals surface area contributed by atoms with Crippen LogP contribution in [0.4, 0.5) is 10.3 Å². The molecule has 2 fully saturated rings. The van der Waals surface area contributed by atoms with Gasteiger partial charge in [-0.15, -0.1) is 0 Å². The zero-order valence-electron chi connectivity index (χ0n) is 15.4. The maximum Gasteiger partial charge on any atom is 0.225 e. The van der Waals surface area contributed by atoms with E-state index in [2.05, 4.69) is 31.9 Å². The molecule has 142 valence electrons. The highest BCUT2D eigenvalue weighted by Gasteiger charge is 2.40. The average molecular weight is 368 g/mol. The zero-order chi connectivity index (χ0) is 18.6. The van der Waals surface area contributed by atoms with Crippen molar-refractivity contribution in [2.45, 2.75) is 38.1 Å². The lowest BCUT2D eigenvalue weighted by atomic mass is 9.92. The topological polar surface area (TPSA) is 49.3 Å².